The number of hydrogen-bond acceptors (Lipinski definition) is 4. The second-order valence-corrected chi connectivity index (χ2v) is 7.61. The number of aryl methyl sites for hydroxylation is 1. The van der Waals surface area contributed by atoms with Gasteiger partial charge in [0.1, 0.15) is 0 Å². The first-order valence-electron chi connectivity index (χ1n) is 7.75. The molecule has 1 aliphatic heterocycles. The number of nitrogens with one attached hydrogen (secondary N) is 1. The summed E-state index contributed by atoms with van der Waals surface area (Å²) in [5, 5.41) is 6.80. The molecule has 2 rings (SSSR count). The van der Waals surface area contributed by atoms with Crippen molar-refractivity contribution in [3.63, 3.8) is 0 Å². The Hall–Kier alpha value is -1.70. The summed E-state index contributed by atoms with van der Waals surface area (Å²) in [5.74, 6) is -0.370. The summed E-state index contributed by atoms with van der Waals surface area (Å²) >= 11 is 0. The lowest BCUT2D eigenvalue weighted by Crippen LogP contribution is -2.49. The van der Waals surface area contributed by atoms with Gasteiger partial charge in [0.15, 0.2) is 0 Å². The molecule has 0 spiro atoms. The Morgan fingerprint density at radius 3 is 2.61 bits per heavy atom. The van der Waals surface area contributed by atoms with Crippen LogP contribution in [-0.2, 0) is 27.4 Å². The minimum atomic E-state index is -1.00. The van der Waals surface area contributed by atoms with Crippen molar-refractivity contribution in [3.05, 3.63) is 18.0 Å². The second kappa shape index (κ2) is 7.72. The third-order valence-corrected chi connectivity index (χ3v) is 5.00. The average Bonchev–Trinajstić information content (AvgIpc) is 2.92. The summed E-state index contributed by atoms with van der Waals surface area (Å²) in [6.07, 6.45) is 7.11. The molecular weight excluding hydrogens is 316 g/mol. The fourth-order valence-corrected chi connectivity index (χ4v) is 3.68. The topological polar surface area (TPSA) is 84.3 Å². The summed E-state index contributed by atoms with van der Waals surface area (Å²) in [7, 11) is 0.884. The molecule has 2 atom stereocenters. The van der Waals surface area contributed by atoms with E-state index in [9.17, 15) is 13.8 Å². The van der Waals surface area contributed by atoms with Crippen molar-refractivity contribution in [2.24, 2.45) is 7.05 Å². The van der Waals surface area contributed by atoms with E-state index in [1.807, 2.05) is 19.4 Å². The van der Waals surface area contributed by atoms with E-state index in [-0.39, 0.29) is 6.04 Å². The van der Waals surface area contributed by atoms with E-state index in [0.29, 0.717) is 24.8 Å². The number of likely N-dealkylation sites (tertiary alicyclic amines) is 1. The highest BCUT2D eigenvalue weighted by Gasteiger charge is 2.28. The van der Waals surface area contributed by atoms with Crippen LogP contribution in [0.5, 0.6) is 0 Å². The van der Waals surface area contributed by atoms with E-state index < -0.39 is 22.6 Å². The van der Waals surface area contributed by atoms with Crippen LogP contribution in [0.2, 0.25) is 0 Å². The Bertz CT molecular complexity index is 593. The number of carbonyl (C=O) groups is 2. The molecule has 1 aromatic rings. The van der Waals surface area contributed by atoms with Crippen LogP contribution in [0.4, 0.5) is 0 Å². The van der Waals surface area contributed by atoms with Crippen LogP contribution < -0.4 is 5.32 Å². The largest absolute Gasteiger partial charge is 0.344 e. The number of nitrogens with zero attached hydrogens (tertiary/aromatic N) is 3. The molecule has 1 saturated heterocycles. The zero-order valence-electron chi connectivity index (χ0n) is 13.8. The Labute approximate surface area is 138 Å². The van der Waals surface area contributed by atoms with E-state index >= 15 is 0 Å². The summed E-state index contributed by atoms with van der Waals surface area (Å²) in [6, 6.07) is -0.273. The minimum Gasteiger partial charge on any atom is -0.344 e. The Morgan fingerprint density at radius 2 is 2.09 bits per heavy atom. The number of piperidine rings is 1. The van der Waals surface area contributed by atoms with Gasteiger partial charge in [-0.05, 0) is 31.2 Å². The van der Waals surface area contributed by atoms with Gasteiger partial charge in [-0.1, -0.05) is 0 Å². The van der Waals surface area contributed by atoms with Gasteiger partial charge in [0.25, 0.3) is 0 Å². The first-order chi connectivity index (χ1) is 10.9. The van der Waals surface area contributed by atoms with Crippen molar-refractivity contribution in [2.45, 2.75) is 31.7 Å². The molecule has 1 N–H and O–H groups in total. The van der Waals surface area contributed by atoms with Gasteiger partial charge in [-0.3, -0.25) is 18.5 Å². The van der Waals surface area contributed by atoms with Crippen molar-refractivity contribution in [2.75, 3.05) is 25.1 Å². The third-order valence-electron chi connectivity index (χ3n) is 4.03. The molecule has 8 heteroatoms. The SMILES string of the molecule is CC(CS(C)=O)NC(=O)C(=O)N1CCC(c2cnn(C)c2)CC1. The third kappa shape index (κ3) is 4.89. The van der Waals surface area contributed by atoms with Gasteiger partial charge in [-0.15, -0.1) is 0 Å². The molecule has 0 radical (unpaired) electrons. The lowest BCUT2D eigenvalue weighted by molar-refractivity contribution is -0.146. The normalized spacial score (nSPS) is 18.5. The van der Waals surface area contributed by atoms with Gasteiger partial charge in [0.05, 0.1) is 6.20 Å². The van der Waals surface area contributed by atoms with Crippen molar-refractivity contribution in [1.29, 1.82) is 0 Å². The molecule has 0 aromatic carbocycles. The van der Waals surface area contributed by atoms with Gasteiger partial charge >= 0.3 is 11.8 Å². The van der Waals surface area contributed by atoms with Crippen LogP contribution in [0.1, 0.15) is 31.2 Å². The van der Waals surface area contributed by atoms with Gasteiger partial charge in [-0.2, -0.15) is 5.10 Å². The molecule has 1 aromatic heterocycles. The van der Waals surface area contributed by atoms with Gasteiger partial charge in [0, 0.05) is 55.2 Å². The predicted molar refractivity (Wildman–Crippen MR) is 88.3 cm³/mol. The number of hydrogen-bond donors (Lipinski definition) is 1. The number of rotatable bonds is 4. The highest BCUT2D eigenvalue weighted by atomic mass is 32.2. The lowest BCUT2D eigenvalue weighted by Gasteiger charge is -2.31. The summed E-state index contributed by atoms with van der Waals surface area (Å²) in [4.78, 5) is 25.8. The van der Waals surface area contributed by atoms with E-state index in [0.717, 1.165) is 12.8 Å². The zero-order chi connectivity index (χ0) is 17.0. The monoisotopic (exact) mass is 340 g/mol. The molecular formula is C15H24N4O3S. The van der Waals surface area contributed by atoms with E-state index in [1.165, 1.54) is 5.56 Å². The molecule has 0 aliphatic carbocycles. The van der Waals surface area contributed by atoms with Crippen molar-refractivity contribution in [3.8, 4) is 0 Å². The Kier molecular flexibility index (Phi) is 5.92. The molecule has 2 unspecified atom stereocenters. The summed E-state index contributed by atoms with van der Waals surface area (Å²) in [6.45, 7) is 2.89. The van der Waals surface area contributed by atoms with Crippen molar-refractivity contribution in [1.82, 2.24) is 20.0 Å². The minimum absolute atomic E-state index is 0.273. The van der Waals surface area contributed by atoms with Gasteiger partial charge in [-0.25, -0.2) is 0 Å². The van der Waals surface area contributed by atoms with Crippen LogP contribution in [0, 0.1) is 0 Å². The lowest BCUT2D eigenvalue weighted by atomic mass is 9.91. The predicted octanol–water partition coefficient (Wildman–Crippen LogP) is 0.00930. The smallest absolute Gasteiger partial charge is 0.311 e. The summed E-state index contributed by atoms with van der Waals surface area (Å²) < 4.78 is 12.9. The molecule has 7 nitrogen and oxygen atoms in total. The van der Waals surface area contributed by atoms with Gasteiger partial charge < -0.3 is 10.2 Å². The Balaban J connectivity index is 1.83. The quantitative estimate of drug-likeness (QED) is 0.783. The van der Waals surface area contributed by atoms with Crippen LogP contribution >= 0.6 is 0 Å². The molecule has 0 saturated carbocycles. The highest BCUT2D eigenvalue weighted by molar-refractivity contribution is 7.84. The molecule has 1 aliphatic rings. The van der Waals surface area contributed by atoms with Crippen LogP contribution in [0.3, 0.4) is 0 Å². The van der Waals surface area contributed by atoms with E-state index in [4.69, 9.17) is 0 Å². The molecule has 0 bridgehead atoms. The van der Waals surface area contributed by atoms with Gasteiger partial charge in [0.2, 0.25) is 0 Å². The van der Waals surface area contributed by atoms with Crippen LogP contribution in [0.15, 0.2) is 12.4 Å². The molecule has 1 fully saturated rings. The molecule has 2 amide bonds. The number of aromatic nitrogens is 2. The van der Waals surface area contributed by atoms with Crippen LogP contribution in [-0.4, -0.2) is 61.8 Å². The molecule has 23 heavy (non-hydrogen) atoms. The maximum absolute atomic E-state index is 12.2. The van der Waals surface area contributed by atoms with Crippen molar-refractivity contribution < 1.29 is 13.8 Å². The maximum atomic E-state index is 12.2. The van der Waals surface area contributed by atoms with E-state index in [2.05, 4.69) is 10.4 Å². The number of amides is 2. The first-order valence-corrected chi connectivity index (χ1v) is 9.48. The fourth-order valence-electron chi connectivity index (χ4n) is 2.89. The summed E-state index contributed by atoms with van der Waals surface area (Å²) in [5.41, 5.74) is 1.18. The maximum Gasteiger partial charge on any atom is 0.311 e. The van der Waals surface area contributed by atoms with Crippen molar-refractivity contribution >= 4 is 22.6 Å². The fraction of sp³-hybridized carbons (Fsp3) is 0.667. The number of carbonyl (C=O) groups excluding carboxylic acids is 2. The molecule has 2 heterocycles. The van der Waals surface area contributed by atoms with E-state index in [1.54, 1.807) is 22.8 Å². The second-order valence-electron chi connectivity index (χ2n) is 6.13. The average molecular weight is 340 g/mol. The Morgan fingerprint density at radius 1 is 1.43 bits per heavy atom. The highest BCUT2D eigenvalue weighted by Crippen LogP contribution is 2.27. The van der Waals surface area contributed by atoms with Crippen LogP contribution in [0.25, 0.3) is 0 Å². The standard InChI is InChI=1S/C15H24N4O3S/c1-11(10-23(3)22)17-14(20)15(21)19-6-4-12(5-7-19)13-8-16-18(2)9-13/h8-9,11-12H,4-7,10H2,1-3H3,(H,17,20). The zero-order valence-corrected chi connectivity index (χ0v) is 14.6. The molecule has 128 valence electrons. The first kappa shape index (κ1) is 17.7.